The van der Waals surface area contributed by atoms with Crippen molar-refractivity contribution in [2.75, 3.05) is 23.4 Å². The van der Waals surface area contributed by atoms with Gasteiger partial charge in [-0.25, -0.2) is 4.98 Å². The van der Waals surface area contributed by atoms with Crippen LogP contribution in [0.25, 0.3) is 0 Å². The second kappa shape index (κ2) is 8.22. The highest BCUT2D eigenvalue weighted by atomic mass is 19.4. The van der Waals surface area contributed by atoms with Gasteiger partial charge in [-0.2, -0.15) is 4.98 Å². The molecule has 0 unspecified atom stereocenters. The summed E-state index contributed by atoms with van der Waals surface area (Å²) in [5, 5.41) is 12.3. The molecule has 2 N–H and O–H groups in total. The number of benzene rings is 1. The zero-order valence-corrected chi connectivity index (χ0v) is 15.8. The summed E-state index contributed by atoms with van der Waals surface area (Å²) in [6.07, 6.45) is -3.30. The van der Waals surface area contributed by atoms with Crippen molar-refractivity contribution in [1.29, 1.82) is 0 Å². The van der Waals surface area contributed by atoms with Crippen molar-refractivity contribution >= 4 is 11.8 Å². The summed E-state index contributed by atoms with van der Waals surface area (Å²) in [6, 6.07) is 6.16. The molecule has 0 spiro atoms. The molecule has 3 rings (SSSR count). The summed E-state index contributed by atoms with van der Waals surface area (Å²) in [7, 11) is 0. The lowest BCUT2D eigenvalue weighted by Gasteiger charge is -2.30. The molecule has 28 heavy (non-hydrogen) atoms. The lowest BCUT2D eigenvalue weighted by Crippen LogP contribution is -2.32. The van der Waals surface area contributed by atoms with Crippen LogP contribution >= 0.6 is 0 Å². The Morgan fingerprint density at radius 3 is 2.71 bits per heavy atom. The SMILES string of the molecule is CCc1cc(N2CCc3ccc(OC(F)(F)F)cc3C2)nc(N[C@H](C)CO)n1. The fourth-order valence-electron chi connectivity index (χ4n) is 3.08. The Morgan fingerprint density at radius 2 is 2.04 bits per heavy atom. The molecule has 2 heterocycles. The number of ether oxygens (including phenoxy) is 1. The van der Waals surface area contributed by atoms with Gasteiger partial charge in [-0.05, 0) is 43.0 Å². The number of nitrogens with zero attached hydrogens (tertiary/aromatic N) is 3. The predicted molar refractivity (Wildman–Crippen MR) is 99.5 cm³/mol. The molecular formula is C19H23F3N4O2. The summed E-state index contributed by atoms with van der Waals surface area (Å²) in [5.74, 6) is 0.910. The second-order valence-corrected chi connectivity index (χ2v) is 6.77. The van der Waals surface area contributed by atoms with Crippen molar-refractivity contribution in [3.8, 4) is 5.75 Å². The average Bonchev–Trinajstić information content (AvgIpc) is 2.65. The van der Waals surface area contributed by atoms with Crippen LogP contribution in [-0.2, 0) is 19.4 Å². The van der Waals surface area contributed by atoms with Crippen molar-refractivity contribution < 1.29 is 23.0 Å². The Labute approximate surface area is 161 Å². The maximum absolute atomic E-state index is 12.5. The lowest BCUT2D eigenvalue weighted by molar-refractivity contribution is -0.274. The van der Waals surface area contributed by atoms with E-state index in [2.05, 4.69) is 20.0 Å². The van der Waals surface area contributed by atoms with Crippen LogP contribution < -0.4 is 15.0 Å². The number of rotatable bonds is 6. The molecule has 2 aromatic rings. The third kappa shape index (κ3) is 5.03. The molecule has 152 valence electrons. The summed E-state index contributed by atoms with van der Waals surface area (Å²) in [4.78, 5) is 11.0. The molecule has 0 aliphatic carbocycles. The highest BCUT2D eigenvalue weighted by Crippen LogP contribution is 2.30. The van der Waals surface area contributed by atoms with E-state index in [1.807, 2.05) is 24.8 Å². The van der Waals surface area contributed by atoms with E-state index in [1.165, 1.54) is 12.1 Å². The first-order chi connectivity index (χ1) is 13.3. The number of aliphatic hydroxyl groups excluding tert-OH is 1. The van der Waals surface area contributed by atoms with E-state index < -0.39 is 6.36 Å². The van der Waals surface area contributed by atoms with Gasteiger partial charge in [-0.15, -0.1) is 13.2 Å². The lowest BCUT2D eigenvalue weighted by atomic mass is 9.99. The minimum absolute atomic E-state index is 0.0475. The molecule has 0 fully saturated rings. The van der Waals surface area contributed by atoms with Crippen molar-refractivity contribution in [2.24, 2.45) is 0 Å². The minimum Gasteiger partial charge on any atom is -0.406 e. The standard InChI is InChI=1S/C19H23F3N4O2/c1-3-15-9-17(25-18(24-15)23-12(2)11-27)26-7-6-13-4-5-16(8-14(13)10-26)28-19(20,21)22/h4-5,8-9,12,27H,3,6-7,10-11H2,1-2H3,(H,23,24,25)/t12-/m1/s1. The van der Waals surface area contributed by atoms with Gasteiger partial charge in [0.25, 0.3) is 0 Å². The van der Waals surface area contributed by atoms with Crippen molar-refractivity contribution in [1.82, 2.24) is 9.97 Å². The molecular weight excluding hydrogens is 373 g/mol. The highest BCUT2D eigenvalue weighted by Gasteiger charge is 2.31. The van der Waals surface area contributed by atoms with Crippen LogP contribution in [0.1, 0.15) is 30.7 Å². The molecule has 6 nitrogen and oxygen atoms in total. The van der Waals surface area contributed by atoms with Crippen LogP contribution in [0, 0.1) is 0 Å². The van der Waals surface area contributed by atoms with Gasteiger partial charge in [0.1, 0.15) is 11.6 Å². The van der Waals surface area contributed by atoms with Crippen LogP contribution in [0.4, 0.5) is 24.9 Å². The summed E-state index contributed by atoms with van der Waals surface area (Å²) in [6.45, 7) is 4.88. The monoisotopic (exact) mass is 396 g/mol. The second-order valence-electron chi connectivity index (χ2n) is 6.77. The molecule has 1 aliphatic heterocycles. The van der Waals surface area contributed by atoms with Gasteiger partial charge < -0.3 is 20.1 Å². The van der Waals surface area contributed by atoms with Gasteiger partial charge in [0.2, 0.25) is 5.95 Å². The summed E-state index contributed by atoms with van der Waals surface area (Å²) in [5.41, 5.74) is 2.63. The minimum atomic E-state index is -4.71. The molecule has 9 heteroatoms. The molecule has 0 saturated carbocycles. The van der Waals surface area contributed by atoms with E-state index in [0.29, 0.717) is 37.7 Å². The topological polar surface area (TPSA) is 70.5 Å². The quantitative estimate of drug-likeness (QED) is 0.781. The van der Waals surface area contributed by atoms with Gasteiger partial charge in [0, 0.05) is 30.9 Å². The van der Waals surface area contributed by atoms with E-state index in [1.54, 1.807) is 6.07 Å². The third-order valence-corrected chi connectivity index (χ3v) is 4.52. The predicted octanol–water partition coefficient (Wildman–Crippen LogP) is 3.29. The van der Waals surface area contributed by atoms with Crippen LogP contribution in [0.3, 0.4) is 0 Å². The number of hydrogen-bond donors (Lipinski definition) is 2. The maximum atomic E-state index is 12.5. The van der Waals surface area contributed by atoms with Crippen LogP contribution in [0.5, 0.6) is 5.75 Å². The fourth-order valence-corrected chi connectivity index (χ4v) is 3.08. The Bertz CT molecular complexity index is 829. The van der Waals surface area contributed by atoms with Crippen LogP contribution in [0.2, 0.25) is 0 Å². The number of aliphatic hydroxyl groups is 1. The number of hydrogen-bond acceptors (Lipinski definition) is 6. The normalized spacial score (nSPS) is 15.1. The Balaban J connectivity index is 1.84. The smallest absolute Gasteiger partial charge is 0.406 e. The zero-order valence-electron chi connectivity index (χ0n) is 15.8. The van der Waals surface area contributed by atoms with Gasteiger partial charge in [0.05, 0.1) is 6.61 Å². The molecule has 1 atom stereocenters. The van der Waals surface area contributed by atoms with E-state index in [4.69, 9.17) is 0 Å². The van der Waals surface area contributed by atoms with Crippen molar-refractivity contribution in [2.45, 2.75) is 45.6 Å². The zero-order chi connectivity index (χ0) is 20.3. The fraction of sp³-hybridized carbons (Fsp3) is 0.474. The number of nitrogens with one attached hydrogen (secondary N) is 1. The van der Waals surface area contributed by atoms with Crippen molar-refractivity contribution in [3.63, 3.8) is 0 Å². The van der Waals surface area contributed by atoms with Crippen LogP contribution in [-0.4, -0.2) is 40.6 Å². The number of aromatic nitrogens is 2. The summed E-state index contributed by atoms with van der Waals surface area (Å²) >= 11 is 0. The van der Waals surface area contributed by atoms with E-state index in [9.17, 15) is 18.3 Å². The molecule has 0 saturated heterocycles. The van der Waals surface area contributed by atoms with E-state index in [0.717, 1.165) is 16.8 Å². The number of halogens is 3. The molecule has 1 aromatic carbocycles. The van der Waals surface area contributed by atoms with Gasteiger partial charge in [-0.3, -0.25) is 0 Å². The molecule has 0 bridgehead atoms. The average molecular weight is 396 g/mol. The number of fused-ring (bicyclic) bond motifs is 1. The molecule has 0 amide bonds. The third-order valence-electron chi connectivity index (χ3n) is 4.52. The van der Waals surface area contributed by atoms with Gasteiger partial charge in [-0.1, -0.05) is 13.0 Å². The first-order valence-corrected chi connectivity index (χ1v) is 9.15. The number of aryl methyl sites for hydroxylation is 1. The first-order valence-electron chi connectivity index (χ1n) is 9.15. The molecule has 0 radical (unpaired) electrons. The van der Waals surface area contributed by atoms with Gasteiger partial charge in [0.15, 0.2) is 0 Å². The molecule has 1 aliphatic rings. The van der Waals surface area contributed by atoms with E-state index >= 15 is 0 Å². The molecule has 1 aromatic heterocycles. The largest absolute Gasteiger partial charge is 0.573 e. The van der Waals surface area contributed by atoms with Crippen LogP contribution in [0.15, 0.2) is 24.3 Å². The Morgan fingerprint density at radius 1 is 1.25 bits per heavy atom. The summed E-state index contributed by atoms with van der Waals surface area (Å²) < 4.78 is 41.5. The number of anilines is 2. The number of alkyl halides is 3. The highest BCUT2D eigenvalue weighted by molar-refractivity contribution is 5.49. The first kappa shape index (κ1) is 20.2. The Hall–Kier alpha value is -2.55. The van der Waals surface area contributed by atoms with E-state index in [-0.39, 0.29) is 18.4 Å². The maximum Gasteiger partial charge on any atom is 0.573 e. The Kier molecular flexibility index (Phi) is 5.93. The van der Waals surface area contributed by atoms with Gasteiger partial charge >= 0.3 is 6.36 Å². The van der Waals surface area contributed by atoms with Crippen molar-refractivity contribution in [3.05, 3.63) is 41.1 Å².